The fourth-order valence-electron chi connectivity index (χ4n) is 2.92. The third-order valence-electron chi connectivity index (χ3n) is 4.22. The summed E-state index contributed by atoms with van der Waals surface area (Å²) in [6.07, 6.45) is 0.905. The van der Waals surface area contributed by atoms with Crippen LogP contribution in [0.5, 0.6) is 0 Å². The molecule has 0 unspecified atom stereocenters. The number of benzene rings is 2. The van der Waals surface area contributed by atoms with Gasteiger partial charge in [-0.3, -0.25) is 4.79 Å². The SMILES string of the molecule is O=C(N[C@H](Cc1cccc2ccccc12)C(=O)O)[C@H]1CCOC1. The normalized spacial score (nSPS) is 18.7. The summed E-state index contributed by atoms with van der Waals surface area (Å²) in [5, 5.41) is 14.2. The van der Waals surface area contributed by atoms with Crippen LogP contribution < -0.4 is 5.32 Å². The molecule has 5 nitrogen and oxygen atoms in total. The number of hydrogen-bond acceptors (Lipinski definition) is 3. The highest BCUT2D eigenvalue weighted by molar-refractivity contribution is 5.88. The molecule has 3 rings (SSSR count). The van der Waals surface area contributed by atoms with Gasteiger partial charge in [0.2, 0.25) is 5.91 Å². The lowest BCUT2D eigenvalue weighted by Crippen LogP contribution is -2.45. The van der Waals surface area contributed by atoms with Gasteiger partial charge in [-0.05, 0) is 22.8 Å². The lowest BCUT2D eigenvalue weighted by molar-refractivity contribution is -0.142. The lowest BCUT2D eigenvalue weighted by Gasteiger charge is -2.18. The zero-order valence-corrected chi connectivity index (χ0v) is 12.7. The Labute approximate surface area is 134 Å². The van der Waals surface area contributed by atoms with Crippen LogP contribution in [0.25, 0.3) is 10.8 Å². The first-order valence-electron chi connectivity index (χ1n) is 7.72. The summed E-state index contributed by atoms with van der Waals surface area (Å²) in [6.45, 7) is 0.922. The van der Waals surface area contributed by atoms with Crippen molar-refractivity contribution < 1.29 is 19.4 Å². The van der Waals surface area contributed by atoms with Crippen LogP contribution in [0.15, 0.2) is 42.5 Å². The van der Waals surface area contributed by atoms with Crippen molar-refractivity contribution in [3.63, 3.8) is 0 Å². The Bertz CT molecular complexity index is 717. The number of hydrogen-bond donors (Lipinski definition) is 2. The quantitative estimate of drug-likeness (QED) is 0.885. The molecule has 0 bridgehead atoms. The van der Waals surface area contributed by atoms with E-state index in [9.17, 15) is 14.7 Å². The third kappa shape index (κ3) is 3.51. The van der Waals surface area contributed by atoms with Crippen LogP contribution in [-0.2, 0) is 20.7 Å². The number of carboxylic acid groups (broad SMARTS) is 1. The predicted molar refractivity (Wildman–Crippen MR) is 86.1 cm³/mol. The Morgan fingerprint density at radius 1 is 1.22 bits per heavy atom. The molecule has 0 saturated carbocycles. The number of rotatable bonds is 5. The predicted octanol–water partition coefficient (Wildman–Crippen LogP) is 1.99. The van der Waals surface area contributed by atoms with Crippen molar-refractivity contribution in [2.45, 2.75) is 18.9 Å². The van der Waals surface area contributed by atoms with Gasteiger partial charge in [0.05, 0.1) is 12.5 Å². The van der Waals surface area contributed by atoms with Crippen molar-refractivity contribution in [2.75, 3.05) is 13.2 Å². The second kappa shape index (κ2) is 6.79. The van der Waals surface area contributed by atoms with E-state index in [1.165, 1.54) is 0 Å². The Balaban J connectivity index is 1.78. The summed E-state index contributed by atoms with van der Waals surface area (Å²) < 4.78 is 5.19. The van der Waals surface area contributed by atoms with Crippen LogP contribution in [-0.4, -0.2) is 36.2 Å². The van der Waals surface area contributed by atoms with Gasteiger partial charge in [0, 0.05) is 13.0 Å². The summed E-state index contributed by atoms with van der Waals surface area (Å²) in [6, 6.07) is 12.7. The Morgan fingerprint density at radius 2 is 2.00 bits per heavy atom. The molecular weight excluding hydrogens is 294 g/mol. The summed E-state index contributed by atoms with van der Waals surface area (Å²) in [5.74, 6) is -1.51. The largest absolute Gasteiger partial charge is 0.480 e. The molecule has 2 aromatic carbocycles. The van der Waals surface area contributed by atoms with Crippen molar-refractivity contribution >= 4 is 22.6 Å². The first-order valence-corrected chi connectivity index (χ1v) is 7.72. The average Bonchev–Trinajstić information content (AvgIpc) is 3.09. The number of carboxylic acids is 1. The highest BCUT2D eigenvalue weighted by Gasteiger charge is 2.28. The molecule has 1 saturated heterocycles. The maximum atomic E-state index is 12.2. The van der Waals surface area contributed by atoms with Gasteiger partial charge in [0.25, 0.3) is 0 Å². The number of fused-ring (bicyclic) bond motifs is 1. The number of carbonyl (C=O) groups excluding carboxylic acids is 1. The monoisotopic (exact) mass is 313 g/mol. The Hall–Kier alpha value is -2.40. The van der Waals surface area contributed by atoms with Crippen LogP contribution >= 0.6 is 0 Å². The summed E-state index contributed by atoms with van der Waals surface area (Å²) >= 11 is 0. The molecule has 1 heterocycles. The molecule has 2 aromatic rings. The Morgan fingerprint density at radius 3 is 2.74 bits per heavy atom. The number of nitrogens with one attached hydrogen (secondary N) is 1. The van der Waals surface area contributed by atoms with E-state index in [1.807, 2.05) is 42.5 Å². The second-order valence-electron chi connectivity index (χ2n) is 5.80. The number of carbonyl (C=O) groups is 2. The van der Waals surface area contributed by atoms with Crippen LogP contribution in [0.4, 0.5) is 0 Å². The third-order valence-corrected chi connectivity index (χ3v) is 4.22. The summed E-state index contributed by atoms with van der Waals surface area (Å²) in [4.78, 5) is 23.7. The van der Waals surface area contributed by atoms with Crippen LogP contribution in [0, 0.1) is 5.92 Å². The van der Waals surface area contributed by atoms with Gasteiger partial charge in [-0.1, -0.05) is 42.5 Å². The molecule has 0 aromatic heterocycles. The maximum Gasteiger partial charge on any atom is 0.326 e. The number of aliphatic carboxylic acids is 1. The van der Waals surface area contributed by atoms with Gasteiger partial charge in [-0.25, -0.2) is 4.79 Å². The van der Waals surface area contributed by atoms with Gasteiger partial charge in [-0.15, -0.1) is 0 Å². The van der Waals surface area contributed by atoms with Crippen molar-refractivity contribution in [3.8, 4) is 0 Å². The molecule has 0 radical (unpaired) electrons. The molecule has 2 atom stereocenters. The molecule has 23 heavy (non-hydrogen) atoms. The maximum absolute atomic E-state index is 12.2. The van der Waals surface area contributed by atoms with E-state index in [4.69, 9.17) is 4.74 Å². The van der Waals surface area contributed by atoms with Gasteiger partial charge < -0.3 is 15.2 Å². The Kier molecular flexibility index (Phi) is 4.57. The van der Waals surface area contributed by atoms with Crippen molar-refractivity contribution in [1.29, 1.82) is 0 Å². The molecule has 0 aliphatic carbocycles. The van der Waals surface area contributed by atoms with Crippen LogP contribution in [0.1, 0.15) is 12.0 Å². The highest BCUT2D eigenvalue weighted by Crippen LogP contribution is 2.20. The van der Waals surface area contributed by atoms with Gasteiger partial charge in [-0.2, -0.15) is 0 Å². The molecule has 1 aliphatic heterocycles. The van der Waals surface area contributed by atoms with Crippen molar-refractivity contribution in [2.24, 2.45) is 5.92 Å². The topological polar surface area (TPSA) is 75.6 Å². The molecule has 120 valence electrons. The smallest absolute Gasteiger partial charge is 0.326 e. The van der Waals surface area contributed by atoms with Crippen LogP contribution in [0.2, 0.25) is 0 Å². The van der Waals surface area contributed by atoms with Gasteiger partial charge in [0.15, 0.2) is 0 Å². The van der Waals surface area contributed by atoms with E-state index in [0.29, 0.717) is 19.6 Å². The molecule has 0 spiro atoms. The minimum absolute atomic E-state index is 0.241. The standard InChI is InChI=1S/C18H19NO4/c20-17(14-8-9-23-11-14)19-16(18(21)22)10-13-6-3-5-12-4-1-2-7-15(12)13/h1-7,14,16H,8-11H2,(H,19,20)(H,21,22)/t14-,16+/m0/s1. The van der Waals surface area contributed by atoms with E-state index in [0.717, 1.165) is 16.3 Å². The fraction of sp³-hybridized carbons (Fsp3) is 0.333. The minimum Gasteiger partial charge on any atom is -0.480 e. The zero-order chi connectivity index (χ0) is 16.2. The minimum atomic E-state index is -1.02. The van der Waals surface area contributed by atoms with E-state index in [2.05, 4.69) is 5.32 Å². The first-order chi connectivity index (χ1) is 11.1. The molecular formula is C18H19NO4. The van der Waals surface area contributed by atoms with Crippen molar-refractivity contribution in [1.82, 2.24) is 5.32 Å². The summed E-state index contributed by atoms with van der Waals surface area (Å²) in [7, 11) is 0. The number of amides is 1. The first kappa shape index (κ1) is 15.5. The van der Waals surface area contributed by atoms with E-state index < -0.39 is 12.0 Å². The second-order valence-corrected chi connectivity index (χ2v) is 5.80. The molecule has 2 N–H and O–H groups in total. The molecule has 1 amide bonds. The highest BCUT2D eigenvalue weighted by atomic mass is 16.5. The summed E-state index contributed by atoms with van der Waals surface area (Å²) in [5.41, 5.74) is 0.915. The zero-order valence-electron chi connectivity index (χ0n) is 12.7. The van der Waals surface area contributed by atoms with Crippen molar-refractivity contribution in [3.05, 3.63) is 48.0 Å². The van der Waals surface area contributed by atoms with Gasteiger partial charge >= 0.3 is 5.97 Å². The van der Waals surface area contributed by atoms with E-state index in [-0.39, 0.29) is 18.2 Å². The molecule has 1 aliphatic rings. The van der Waals surface area contributed by atoms with E-state index >= 15 is 0 Å². The van der Waals surface area contributed by atoms with E-state index in [1.54, 1.807) is 0 Å². The number of ether oxygens (including phenoxy) is 1. The fourth-order valence-corrected chi connectivity index (χ4v) is 2.92. The molecule has 5 heteroatoms. The van der Waals surface area contributed by atoms with Crippen LogP contribution in [0.3, 0.4) is 0 Å². The van der Waals surface area contributed by atoms with Gasteiger partial charge in [0.1, 0.15) is 6.04 Å². The average molecular weight is 313 g/mol. The lowest BCUT2D eigenvalue weighted by atomic mass is 9.98. The molecule has 1 fully saturated rings.